The van der Waals surface area contributed by atoms with Crippen LogP contribution in [0.1, 0.15) is 52.7 Å². The number of aromatic hydroxyl groups is 2. The molecule has 142 valence electrons. The van der Waals surface area contributed by atoms with Gasteiger partial charge in [0.05, 0.1) is 14.2 Å². The SMILES string of the molecule is COc1ccc(O)c(-c2cc(OC)c(C(C)(C)C)c(C(C)(C)C)c2O)c1. The van der Waals surface area contributed by atoms with Crippen molar-refractivity contribution in [2.75, 3.05) is 14.2 Å². The highest BCUT2D eigenvalue weighted by Crippen LogP contribution is 2.50. The fourth-order valence-corrected chi connectivity index (χ4v) is 3.35. The van der Waals surface area contributed by atoms with Gasteiger partial charge in [-0.25, -0.2) is 0 Å². The van der Waals surface area contributed by atoms with Gasteiger partial charge >= 0.3 is 0 Å². The van der Waals surface area contributed by atoms with Gasteiger partial charge in [-0.2, -0.15) is 0 Å². The molecule has 0 fully saturated rings. The average Bonchev–Trinajstić information content (AvgIpc) is 2.53. The van der Waals surface area contributed by atoms with Gasteiger partial charge in [0.2, 0.25) is 0 Å². The molecular weight excluding hydrogens is 328 g/mol. The second-order valence-electron chi connectivity index (χ2n) is 8.61. The molecule has 0 unspecified atom stereocenters. The number of phenolic OH excluding ortho intramolecular Hbond substituents is 2. The highest BCUT2D eigenvalue weighted by molar-refractivity contribution is 5.81. The normalized spacial score (nSPS) is 12.2. The zero-order valence-electron chi connectivity index (χ0n) is 17.0. The highest BCUT2D eigenvalue weighted by atomic mass is 16.5. The van der Waals surface area contributed by atoms with Gasteiger partial charge in [0, 0.05) is 22.3 Å². The number of hydrogen-bond donors (Lipinski definition) is 2. The Morgan fingerprint density at radius 1 is 0.731 bits per heavy atom. The molecule has 0 heterocycles. The van der Waals surface area contributed by atoms with Gasteiger partial charge in [0.15, 0.2) is 0 Å². The number of hydrogen-bond acceptors (Lipinski definition) is 4. The van der Waals surface area contributed by atoms with Gasteiger partial charge in [-0.05, 0) is 35.1 Å². The molecule has 2 N–H and O–H groups in total. The van der Waals surface area contributed by atoms with E-state index in [9.17, 15) is 10.2 Å². The van der Waals surface area contributed by atoms with E-state index in [-0.39, 0.29) is 22.3 Å². The Morgan fingerprint density at radius 2 is 1.31 bits per heavy atom. The molecule has 2 aromatic carbocycles. The average molecular weight is 358 g/mol. The first-order chi connectivity index (χ1) is 11.9. The zero-order chi connectivity index (χ0) is 19.9. The van der Waals surface area contributed by atoms with Crippen molar-refractivity contribution in [3.05, 3.63) is 35.4 Å². The molecule has 0 amide bonds. The fourth-order valence-electron chi connectivity index (χ4n) is 3.35. The first-order valence-corrected chi connectivity index (χ1v) is 8.74. The molecule has 0 aromatic heterocycles. The minimum atomic E-state index is -0.315. The lowest BCUT2D eigenvalue weighted by Gasteiger charge is -2.33. The molecule has 0 radical (unpaired) electrons. The van der Waals surface area contributed by atoms with E-state index in [1.807, 2.05) is 0 Å². The predicted octanol–water partition coefficient (Wildman–Crippen LogP) is 5.38. The maximum Gasteiger partial charge on any atom is 0.127 e. The van der Waals surface area contributed by atoms with Gasteiger partial charge in [0.1, 0.15) is 23.0 Å². The second kappa shape index (κ2) is 6.75. The van der Waals surface area contributed by atoms with Gasteiger partial charge in [0.25, 0.3) is 0 Å². The van der Waals surface area contributed by atoms with E-state index in [1.54, 1.807) is 38.5 Å². The summed E-state index contributed by atoms with van der Waals surface area (Å²) in [5.74, 6) is 1.53. The van der Waals surface area contributed by atoms with E-state index in [1.165, 1.54) is 0 Å². The van der Waals surface area contributed by atoms with Crippen LogP contribution in [0.15, 0.2) is 24.3 Å². The topological polar surface area (TPSA) is 58.9 Å². The van der Waals surface area contributed by atoms with Crippen LogP contribution in [-0.2, 0) is 10.8 Å². The number of rotatable bonds is 3. The van der Waals surface area contributed by atoms with Crippen LogP contribution in [0, 0.1) is 0 Å². The monoisotopic (exact) mass is 358 g/mol. The lowest BCUT2D eigenvalue weighted by atomic mass is 9.73. The number of phenols is 2. The maximum atomic E-state index is 11.2. The Kier molecular flexibility index (Phi) is 5.18. The van der Waals surface area contributed by atoms with Crippen LogP contribution in [0.2, 0.25) is 0 Å². The van der Waals surface area contributed by atoms with Crippen LogP contribution in [0.3, 0.4) is 0 Å². The summed E-state index contributed by atoms with van der Waals surface area (Å²) in [5, 5.41) is 21.6. The third-order valence-corrected chi connectivity index (χ3v) is 4.48. The zero-order valence-corrected chi connectivity index (χ0v) is 17.0. The summed E-state index contributed by atoms with van der Waals surface area (Å²) in [7, 11) is 3.20. The summed E-state index contributed by atoms with van der Waals surface area (Å²) in [4.78, 5) is 0. The van der Waals surface area contributed by atoms with E-state index in [0.717, 1.165) is 11.1 Å². The van der Waals surface area contributed by atoms with Gasteiger partial charge in [-0.15, -0.1) is 0 Å². The van der Waals surface area contributed by atoms with Gasteiger partial charge in [-0.3, -0.25) is 0 Å². The van der Waals surface area contributed by atoms with Crippen molar-refractivity contribution in [2.45, 2.75) is 52.4 Å². The molecule has 0 spiro atoms. The highest BCUT2D eigenvalue weighted by Gasteiger charge is 2.33. The molecule has 4 heteroatoms. The molecule has 0 aliphatic rings. The predicted molar refractivity (Wildman–Crippen MR) is 106 cm³/mol. The quantitative estimate of drug-likeness (QED) is 0.774. The van der Waals surface area contributed by atoms with E-state index in [4.69, 9.17) is 9.47 Å². The Hall–Kier alpha value is -2.36. The van der Waals surface area contributed by atoms with Crippen molar-refractivity contribution in [2.24, 2.45) is 0 Å². The van der Waals surface area contributed by atoms with Crippen LogP contribution in [0.4, 0.5) is 0 Å². The molecule has 2 aromatic rings. The summed E-state index contributed by atoms with van der Waals surface area (Å²) < 4.78 is 11.0. The lowest BCUT2D eigenvalue weighted by molar-refractivity contribution is 0.383. The third-order valence-electron chi connectivity index (χ3n) is 4.48. The van der Waals surface area contributed by atoms with Crippen LogP contribution in [-0.4, -0.2) is 24.4 Å². The lowest BCUT2D eigenvalue weighted by Crippen LogP contribution is -2.23. The van der Waals surface area contributed by atoms with Crippen LogP contribution in [0.5, 0.6) is 23.0 Å². The van der Waals surface area contributed by atoms with Gasteiger partial charge in [-0.1, -0.05) is 41.5 Å². The molecule has 0 atom stereocenters. The minimum absolute atomic E-state index is 0.0755. The van der Waals surface area contributed by atoms with Crippen LogP contribution >= 0.6 is 0 Å². The molecule has 0 saturated carbocycles. The summed E-state index contributed by atoms with van der Waals surface area (Å²) in [6.45, 7) is 12.5. The molecule has 26 heavy (non-hydrogen) atoms. The molecule has 2 rings (SSSR count). The smallest absolute Gasteiger partial charge is 0.127 e. The first-order valence-electron chi connectivity index (χ1n) is 8.74. The molecule has 4 nitrogen and oxygen atoms in total. The largest absolute Gasteiger partial charge is 0.507 e. The second-order valence-corrected chi connectivity index (χ2v) is 8.61. The van der Waals surface area contributed by atoms with E-state index in [2.05, 4.69) is 41.5 Å². The summed E-state index contributed by atoms with van der Waals surface area (Å²) in [6, 6.07) is 6.75. The summed E-state index contributed by atoms with van der Waals surface area (Å²) in [5.41, 5.74) is 2.28. The van der Waals surface area contributed by atoms with Gasteiger partial charge < -0.3 is 19.7 Å². The molecule has 0 saturated heterocycles. The molecule has 0 bridgehead atoms. The van der Waals surface area contributed by atoms with Crippen molar-refractivity contribution in [1.82, 2.24) is 0 Å². The molecule has 0 aliphatic carbocycles. The summed E-state index contributed by atoms with van der Waals surface area (Å²) >= 11 is 0. The standard InChI is InChI=1S/C22H30O4/c1-21(2,3)18-17(26-8)12-15(20(24)19(18)22(4,5)6)14-11-13(25-7)9-10-16(14)23/h9-12,23-24H,1-8H3. The summed E-state index contributed by atoms with van der Waals surface area (Å²) in [6.07, 6.45) is 0. The third kappa shape index (κ3) is 3.59. The van der Waals surface area contributed by atoms with E-state index >= 15 is 0 Å². The minimum Gasteiger partial charge on any atom is -0.507 e. The van der Waals surface area contributed by atoms with Crippen molar-refractivity contribution in [1.29, 1.82) is 0 Å². The number of methoxy groups -OCH3 is 2. The van der Waals surface area contributed by atoms with Crippen molar-refractivity contribution in [3.63, 3.8) is 0 Å². The Balaban J connectivity index is 2.95. The van der Waals surface area contributed by atoms with Crippen molar-refractivity contribution >= 4 is 0 Å². The molecular formula is C22H30O4. The van der Waals surface area contributed by atoms with E-state index in [0.29, 0.717) is 22.6 Å². The number of ether oxygens (including phenoxy) is 2. The Morgan fingerprint density at radius 3 is 1.77 bits per heavy atom. The Bertz CT molecular complexity index is 808. The molecule has 0 aliphatic heterocycles. The first kappa shape index (κ1) is 20.0. The van der Waals surface area contributed by atoms with Crippen LogP contribution in [0.25, 0.3) is 11.1 Å². The Labute approximate surface area is 156 Å². The number of benzene rings is 2. The maximum absolute atomic E-state index is 11.2. The van der Waals surface area contributed by atoms with Crippen molar-refractivity contribution in [3.8, 4) is 34.1 Å². The van der Waals surface area contributed by atoms with Crippen LogP contribution < -0.4 is 9.47 Å². The van der Waals surface area contributed by atoms with E-state index < -0.39 is 0 Å². The fraction of sp³-hybridized carbons (Fsp3) is 0.455. The van der Waals surface area contributed by atoms with Crippen molar-refractivity contribution < 1.29 is 19.7 Å².